The Morgan fingerprint density at radius 2 is 2.00 bits per heavy atom. The summed E-state index contributed by atoms with van der Waals surface area (Å²) in [5.41, 5.74) is 7.46. The minimum atomic E-state index is 0.0681. The number of carbonyl (C=O) groups excluding carboxylic acids is 1. The molecule has 20 heavy (non-hydrogen) atoms. The zero-order chi connectivity index (χ0) is 14.4. The van der Waals surface area contributed by atoms with E-state index in [9.17, 15) is 4.79 Å². The lowest BCUT2D eigenvalue weighted by molar-refractivity contribution is -0.119. The number of nitrogens with zero attached hydrogens (tertiary/aromatic N) is 1. The molecule has 0 aromatic heterocycles. The van der Waals surface area contributed by atoms with Crippen molar-refractivity contribution in [1.29, 1.82) is 0 Å². The van der Waals surface area contributed by atoms with Gasteiger partial charge in [-0.3, -0.25) is 4.79 Å². The summed E-state index contributed by atoms with van der Waals surface area (Å²) in [4.78, 5) is 13.3. The predicted molar refractivity (Wildman–Crippen MR) is 81.2 cm³/mol. The van der Waals surface area contributed by atoms with Gasteiger partial charge in [0.2, 0.25) is 5.91 Å². The molecule has 1 fully saturated rings. The molecule has 4 heteroatoms. The van der Waals surface area contributed by atoms with Crippen LogP contribution in [-0.4, -0.2) is 37.0 Å². The first-order valence-electron chi connectivity index (χ1n) is 7.42. The fourth-order valence-corrected chi connectivity index (χ4v) is 2.75. The van der Waals surface area contributed by atoms with E-state index in [1.165, 1.54) is 5.56 Å². The van der Waals surface area contributed by atoms with Gasteiger partial charge < -0.3 is 16.0 Å². The second kappa shape index (κ2) is 7.41. The molecule has 1 aromatic rings. The Labute approximate surface area is 121 Å². The number of piperidine rings is 1. The van der Waals surface area contributed by atoms with Gasteiger partial charge in [0.15, 0.2) is 0 Å². The first-order chi connectivity index (χ1) is 9.65. The second-order valence-electron chi connectivity index (χ2n) is 5.70. The summed E-state index contributed by atoms with van der Waals surface area (Å²) in [6, 6.07) is 10.4. The van der Waals surface area contributed by atoms with Crippen molar-refractivity contribution < 1.29 is 4.79 Å². The molecule has 0 saturated carbocycles. The summed E-state index contributed by atoms with van der Waals surface area (Å²) in [5.74, 6) is 0.682. The summed E-state index contributed by atoms with van der Waals surface area (Å²) in [6.45, 7) is 5.45. The quantitative estimate of drug-likeness (QED) is 0.857. The predicted octanol–water partition coefficient (Wildman–Crippen LogP) is 1.53. The lowest BCUT2D eigenvalue weighted by Crippen LogP contribution is -2.41. The molecule has 1 atom stereocenters. The number of nitrogens with one attached hydrogen (secondary N) is 1. The van der Waals surface area contributed by atoms with Crippen molar-refractivity contribution in [2.24, 2.45) is 11.7 Å². The normalized spacial score (nSPS) is 18.7. The molecular formula is C16H25N3O. The highest BCUT2D eigenvalue weighted by Crippen LogP contribution is 2.19. The fraction of sp³-hybridized carbons (Fsp3) is 0.562. The average Bonchev–Trinajstić information content (AvgIpc) is 2.47. The summed E-state index contributed by atoms with van der Waals surface area (Å²) in [7, 11) is 0. The van der Waals surface area contributed by atoms with E-state index in [0.29, 0.717) is 5.92 Å². The average molecular weight is 275 g/mol. The van der Waals surface area contributed by atoms with Gasteiger partial charge in [-0.05, 0) is 37.4 Å². The van der Waals surface area contributed by atoms with E-state index in [0.717, 1.165) is 39.0 Å². The maximum Gasteiger partial charge on any atom is 0.216 e. The van der Waals surface area contributed by atoms with E-state index in [4.69, 9.17) is 5.73 Å². The Morgan fingerprint density at radius 3 is 2.60 bits per heavy atom. The molecule has 1 unspecified atom stereocenters. The number of amides is 1. The van der Waals surface area contributed by atoms with E-state index < -0.39 is 0 Å². The minimum Gasteiger partial charge on any atom is -0.356 e. The number of hydrogen-bond donors (Lipinski definition) is 2. The molecule has 1 heterocycles. The molecule has 2 rings (SSSR count). The van der Waals surface area contributed by atoms with Crippen molar-refractivity contribution in [3.05, 3.63) is 35.9 Å². The maximum absolute atomic E-state index is 10.9. The van der Waals surface area contributed by atoms with Gasteiger partial charge in [0, 0.05) is 26.1 Å². The standard InChI is InChI=1S/C16H25N3O/c1-13(20)18-11-14-7-9-19(10-8-14)12-16(17)15-5-3-2-4-6-15/h2-6,14,16H,7-12,17H2,1H3,(H,18,20). The molecule has 0 radical (unpaired) electrons. The van der Waals surface area contributed by atoms with Crippen molar-refractivity contribution in [2.45, 2.75) is 25.8 Å². The van der Waals surface area contributed by atoms with Gasteiger partial charge in [0.25, 0.3) is 0 Å². The van der Waals surface area contributed by atoms with E-state index >= 15 is 0 Å². The van der Waals surface area contributed by atoms with Gasteiger partial charge in [-0.15, -0.1) is 0 Å². The molecule has 1 aromatic carbocycles. The number of hydrogen-bond acceptors (Lipinski definition) is 3. The summed E-state index contributed by atoms with van der Waals surface area (Å²) >= 11 is 0. The Kier molecular flexibility index (Phi) is 5.56. The van der Waals surface area contributed by atoms with Gasteiger partial charge in [0.05, 0.1) is 0 Å². The first-order valence-corrected chi connectivity index (χ1v) is 7.42. The Bertz CT molecular complexity index is 413. The van der Waals surface area contributed by atoms with Crippen LogP contribution in [0.15, 0.2) is 30.3 Å². The third-order valence-corrected chi connectivity index (χ3v) is 4.03. The number of likely N-dealkylation sites (tertiary alicyclic amines) is 1. The van der Waals surface area contributed by atoms with Crippen LogP contribution in [0.2, 0.25) is 0 Å². The van der Waals surface area contributed by atoms with Crippen LogP contribution in [-0.2, 0) is 4.79 Å². The van der Waals surface area contributed by atoms with Gasteiger partial charge in [-0.2, -0.15) is 0 Å². The van der Waals surface area contributed by atoms with Crippen LogP contribution in [0.3, 0.4) is 0 Å². The van der Waals surface area contributed by atoms with Crippen molar-refractivity contribution in [2.75, 3.05) is 26.2 Å². The number of benzene rings is 1. The molecule has 0 spiro atoms. The van der Waals surface area contributed by atoms with Crippen LogP contribution in [0.1, 0.15) is 31.4 Å². The molecule has 1 aliphatic heterocycles. The number of nitrogens with two attached hydrogens (primary N) is 1. The summed E-state index contributed by atoms with van der Waals surface area (Å²) in [6.07, 6.45) is 2.28. The van der Waals surface area contributed by atoms with Crippen LogP contribution in [0.4, 0.5) is 0 Å². The summed E-state index contributed by atoms with van der Waals surface area (Å²) < 4.78 is 0. The molecule has 0 aliphatic carbocycles. The lowest BCUT2D eigenvalue weighted by atomic mass is 9.96. The molecule has 1 amide bonds. The smallest absolute Gasteiger partial charge is 0.216 e. The highest BCUT2D eigenvalue weighted by molar-refractivity contribution is 5.72. The molecule has 1 saturated heterocycles. The minimum absolute atomic E-state index is 0.0681. The van der Waals surface area contributed by atoms with Gasteiger partial charge in [0.1, 0.15) is 0 Å². The molecule has 0 bridgehead atoms. The van der Waals surface area contributed by atoms with Gasteiger partial charge in [-0.25, -0.2) is 0 Å². The maximum atomic E-state index is 10.9. The van der Waals surface area contributed by atoms with Crippen LogP contribution in [0, 0.1) is 5.92 Å². The first kappa shape index (κ1) is 15.0. The Balaban J connectivity index is 1.73. The lowest BCUT2D eigenvalue weighted by Gasteiger charge is -2.33. The SMILES string of the molecule is CC(=O)NCC1CCN(CC(N)c2ccccc2)CC1. The second-order valence-corrected chi connectivity index (χ2v) is 5.70. The Hall–Kier alpha value is -1.39. The van der Waals surface area contributed by atoms with Crippen LogP contribution in [0.25, 0.3) is 0 Å². The van der Waals surface area contributed by atoms with Gasteiger partial charge in [-0.1, -0.05) is 30.3 Å². The molecular weight excluding hydrogens is 250 g/mol. The van der Waals surface area contributed by atoms with Crippen molar-refractivity contribution in [3.63, 3.8) is 0 Å². The third kappa shape index (κ3) is 4.62. The molecule has 1 aliphatic rings. The number of carbonyl (C=O) groups is 1. The number of rotatable bonds is 5. The van der Waals surface area contributed by atoms with Crippen LogP contribution >= 0.6 is 0 Å². The van der Waals surface area contributed by atoms with E-state index in [1.807, 2.05) is 18.2 Å². The van der Waals surface area contributed by atoms with Crippen molar-refractivity contribution in [3.8, 4) is 0 Å². The monoisotopic (exact) mass is 275 g/mol. The molecule has 3 N–H and O–H groups in total. The van der Waals surface area contributed by atoms with Gasteiger partial charge >= 0.3 is 0 Å². The molecule has 110 valence electrons. The zero-order valence-corrected chi connectivity index (χ0v) is 12.2. The highest BCUT2D eigenvalue weighted by atomic mass is 16.1. The van der Waals surface area contributed by atoms with Crippen LogP contribution in [0.5, 0.6) is 0 Å². The van der Waals surface area contributed by atoms with Crippen molar-refractivity contribution >= 4 is 5.91 Å². The van der Waals surface area contributed by atoms with Crippen molar-refractivity contribution in [1.82, 2.24) is 10.2 Å². The van der Waals surface area contributed by atoms with Crippen LogP contribution < -0.4 is 11.1 Å². The largest absolute Gasteiger partial charge is 0.356 e. The third-order valence-electron chi connectivity index (χ3n) is 4.03. The van der Waals surface area contributed by atoms with E-state index in [-0.39, 0.29) is 11.9 Å². The Morgan fingerprint density at radius 1 is 1.35 bits per heavy atom. The van der Waals surface area contributed by atoms with E-state index in [1.54, 1.807) is 6.92 Å². The molecule has 4 nitrogen and oxygen atoms in total. The topological polar surface area (TPSA) is 58.4 Å². The van der Waals surface area contributed by atoms with E-state index in [2.05, 4.69) is 22.3 Å². The highest BCUT2D eigenvalue weighted by Gasteiger charge is 2.21. The summed E-state index contributed by atoms with van der Waals surface area (Å²) in [5, 5.41) is 2.91. The fourth-order valence-electron chi connectivity index (χ4n) is 2.75. The zero-order valence-electron chi connectivity index (χ0n) is 12.2.